The van der Waals surface area contributed by atoms with Gasteiger partial charge in [-0.1, -0.05) is 18.2 Å². The van der Waals surface area contributed by atoms with Crippen molar-refractivity contribution in [2.24, 2.45) is 0 Å². The normalized spacial score (nSPS) is 24.8. The van der Waals surface area contributed by atoms with Gasteiger partial charge in [-0.3, -0.25) is 0 Å². The van der Waals surface area contributed by atoms with E-state index < -0.39 is 12.6 Å². The van der Waals surface area contributed by atoms with Crippen LogP contribution in [-0.4, -0.2) is 53.5 Å². The first-order chi connectivity index (χ1) is 15.1. The molecule has 0 saturated carbocycles. The molecule has 0 N–H and O–H groups in total. The molecule has 4 atom stereocenters. The van der Waals surface area contributed by atoms with Gasteiger partial charge in [-0.15, -0.1) is 0 Å². The standard InChI is InChI=1S/C23H26O8/c1-24-15-7-5-14(6-8-15)23-28-13-20-17(31-23)9-10-21(30-20)29-16-11-18(25-2)22(27-4)19(12-16)26-3/h5-12,17,20-21,23H,13H2,1-4H3. The van der Waals surface area contributed by atoms with Gasteiger partial charge < -0.3 is 37.9 Å². The monoisotopic (exact) mass is 430 g/mol. The number of ether oxygens (including phenoxy) is 8. The lowest BCUT2D eigenvalue weighted by molar-refractivity contribution is -0.275. The van der Waals surface area contributed by atoms with E-state index in [9.17, 15) is 0 Å². The topological polar surface area (TPSA) is 73.8 Å². The van der Waals surface area contributed by atoms with Crippen LogP contribution in [0.4, 0.5) is 0 Å². The summed E-state index contributed by atoms with van der Waals surface area (Å²) in [6.45, 7) is 0.376. The summed E-state index contributed by atoms with van der Waals surface area (Å²) in [7, 11) is 6.29. The van der Waals surface area contributed by atoms with E-state index in [1.54, 1.807) is 40.6 Å². The molecule has 166 valence electrons. The van der Waals surface area contributed by atoms with Gasteiger partial charge in [0.05, 0.1) is 35.0 Å². The SMILES string of the molecule is COc1ccc(C2OCC3OC(Oc4cc(OC)c(OC)c(OC)c4)C=CC3O2)cc1. The van der Waals surface area contributed by atoms with Crippen LogP contribution < -0.4 is 23.7 Å². The fraction of sp³-hybridized carbons (Fsp3) is 0.391. The van der Waals surface area contributed by atoms with Gasteiger partial charge in [0.25, 0.3) is 0 Å². The highest BCUT2D eigenvalue weighted by atomic mass is 16.7. The number of hydrogen-bond donors (Lipinski definition) is 0. The number of benzene rings is 2. The maximum atomic E-state index is 6.06. The van der Waals surface area contributed by atoms with Crippen LogP contribution in [0.15, 0.2) is 48.6 Å². The molecule has 2 aromatic rings. The van der Waals surface area contributed by atoms with E-state index >= 15 is 0 Å². The third-order valence-electron chi connectivity index (χ3n) is 5.10. The minimum Gasteiger partial charge on any atom is -0.497 e. The molecule has 8 heteroatoms. The first kappa shape index (κ1) is 21.3. The van der Waals surface area contributed by atoms with Crippen molar-refractivity contribution in [3.05, 3.63) is 54.1 Å². The lowest BCUT2D eigenvalue weighted by Gasteiger charge is -2.38. The summed E-state index contributed by atoms with van der Waals surface area (Å²) in [5.74, 6) is 2.81. The Labute approximate surface area is 181 Å². The molecule has 0 spiro atoms. The predicted octanol–water partition coefficient (Wildman–Crippen LogP) is 3.50. The molecule has 0 radical (unpaired) electrons. The average molecular weight is 430 g/mol. The van der Waals surface area contributed by atoms with Gasteiger partial charge in [-0.05, 0) is 18.2 Å². The first-order valence-electron chi connectivity index (χ1n) is 9.86. The van der Waals surface area contributed by atoms with E-state index in [0.717, 1.165) is 11.3 Å². The maximum absolute atomic E-state index is 6.06. The van der Waals surface area contributed by atoms with Crippen LogP contribution in [-0.2, 0) is 14.2 Å². The third-order valence-corrected chi connectivity index (χ3v) is 5.10. The van der Waals surface area contributed by atoms with Crippen LogP contribution in [0, 0.1) is 0 Å². The Morgan fingerprint density at radius 3 is 2.10 bits per heavy atom. The van der Waals surface area contributed by atoms with Crippen molar-refractivity contribution < 1.29 is 37.9 Å². The van der Waals surface area contributed by atoms with Crippen molar-refractivity contribution in [2.75, 3.05) is 35.0 Å². The predicted molar refractivity (Wildman–Crippen MR) is 111 cm³/mol. The Balaban J connectivity index is 1.43. The molecule has 0 amide bonds. The summed E-state index contributed by atoms with van der Waals surface area (Å²) in [5.41, 5.74) is 0.920. The van der Waals surface area contributed by atoms with E-state index in [-0.39, 0.29) is 12.2 Å². The van der Waals surface area contributed by atoms with E-state index in [1.165, 1.54) is 0 Å². The minimum absolute atomic E-state index is 0.236. The van der Waals surface area contributed by atoms with E-state index in [4.69, 9.17) is 37.9 Å². The van der Waals surface area contributed by atoms with E-state index in [2.05, 4.69) is 0 Å². The summed E-state index contributed by atoms with van der Waals surface area (Å²) in [4.78, 5) is 0. The van der Waals surface area contributed by atoms with Crippen molar-refractivity contribution in [1.82, 2.24) is 0 Å². The lowest BCUT2D eigenvalue weighted by Crippen LogP contribution is -2.46. The van der Waals surface area contributed by atoms with Crippen molar-refractivity contribution in [3.8, 4) is 28.7 Å². The second-order valence-corrected chi connectivity index (χ2v) is 6.95. The summed E-state index contributed by atoms with van der Waals surface area (Å²) in [6.07, 6.45) is 2.17. The summed E-state index contributed by atoms with van der Waals surface area (Å²) >= 11 is 0. The van der Waals surface area contributed by atoms with Crippen LogP contribution in [0.25, 0.3) is 0 Å². The highest BCUT2D eigenvalue weighted by Gasteiger charge is 2.36. The van der Waals surface area contributed by atoms with Crippen LogP contribution in [0.2, 0.25) is 0 Å². The van der Waals surface area contributed by atoms with Gasteiger partial charge in [0, 0.05) is 17.7 Å². The Morgan fingerprint density at radius 1 is 0.774 bits per heavy atom. The van der Waals surface area contributed by atoms with Crippen LogP contribution in [0.1, 0.15) is 11.9 Å². The number of rotatable bonds is 7. The Bertz CT molecular complexity index is 885. The molecule has 1 fully saturated rings. The van der Waals surface area contributed by atoms with Crippen molar-refractivity contribution in [2.45, 2.75) is 24.8 Å². The molecule has 31 heavy (non-hydrogen) atoms. The van der Waals surface area contributed by atoms with Gasteiger partial charge in [-0.25, -0.2) is 0 Å². The first-order valence-corrected chi connectivity index (χ1v) is 9.86. The molecule has 0 bridgehead atoms. The molecule has 0 aromatic heterocycles. The van der Waals surface area contributed by atoms with Gasteiger partial charge in [0.15, 0.2) is 17.8 Å². The highest BCUT2D eigenvalue weighted by molar-refractivity contribution is 5.56. The zero-order chi connectivity index (χ0) is 21.8. The Morgan fingerprint density at radius 2 is 1.48 bits per heavy atom. The summed E-state index contributed by atoms with van der Waals surface area (Å²) < 4.78 is 45.2. The Kier molecular flexibility index (Phi) is 6.50. The fourth-order valence-electron chi connectivity index (χ4n) is 3.51. The summed E-state index contributed by atoms with van der Waals surface area (Å²) in [6, 6.07) is 11.0. The minimum atomic E-state index is -0.603. The number of fused-ring (bicyclic) bond motifs is 1. The molecule has 4 unspecified atom stereocenters. The van der Waals surface area contributed by atoms with E-state index in [1.807, 2.05) is 36.4 Å². The average Bonchev–Trinajstić information content (AvgIpc) is 2.83. The van der Waals surface area contributed by atoms with Gasteiger partial charge in [0.1, 0.15) is 23.7 Å². The molecule has 0 aliphatic carbocycles. The second-order valence-electron chi connectivity index (χ2n) is 6.95. The lowest BCUT2D eigenvalue weighted by atomic mass is 10.1. The molecule has 1 saturated heterocycles. The number of hydrogen-bond acceptors (Lipinski definition) is 8. The smallest absolute Gasteiger partial charge is 0.220 e. The largest absolute Gasteiger partial charge is 0.497 e. The Hall–Kier alpha value is -2.94. The zero-order valence-corrected chi connectivity index (χ0v) is 17.9. The molecule has 4 rings (SSSR count). The third kappa shape index (κ3) is 4.56. The quantitative estimate of drug-likeness (QED) is 0.618. The summed E-state index contributed by atoms with van der Waals surface area (Å²) in [5, 5.41) is 0. The van der Waals surface area contributed by atoms with E-state index in [0.29, 0.717) is 29.6 Å². The van der Waals surface area contributed by atoms with Gasteiger partial charge >= 0.3 is 0 Å². The van der Waals surface area contributed by atoms with Crippen molar-refractivity contribution in [3.63, 3.8) is 0 Å². The highest BCUT2D eigenvalue weighted by Crippen LogP contribution is 2.41. The maximum Gasteiger partial charge on any atom is 0.220 e. The van der Waals surface area contributed by atoms with Crippen molar-refractivity contribution in [1.29, 1.82) is 0 Å². The van der Waals surface area contributed by atoms with Crippen molar-refractivity contribution >= 4 is 0 Å². The number of methoxy groups -OCH3 is 4. The molecule has 2 aliphatic heterocycles. The molecular weight excluding hydrogens is 404 g/mol. The fourth-order valence-corrected chi connectivity index (χ4v) is 3.51. The van der Waals surface area contributed by atoms with Crippen LogP contribution >= 0.6 is 0 Å². The molecule has 2 heterocycles. The molecule has 2 aliphatic rings. The molecule has 2 aromatic carbocycles. The van der Waals surface area contributed by atoms with Gasteiger partial charge in [0.2, 0.25) is 12.0 Å². The van der Waals surface area contributed by atoms with Crippen LogP contribution in [0.3, 0.4) is 0 Å². The van der Waals surface area contributed by atoms with Crippen LogP contribution in [0.5, 0.6) is 28.7 Å². The molecular formula is C23H26O8. The second kappa shape index (κ2) is 9.47. The van der Waals surface area contributed by atoms with Gasteiger partial charge in [-0.2, -0.15) is 0 Å². The zero-order valence-electron chi connectivity index (χ0n) is 17.9. The molecule has 8 nitrogen and oxygen atoms in total.